The van der Waals surface area contributed by atoms with Gasteiger partial charge in [-0.2, -0.15) is 5.10 Å². The molecule has 2 aromatic heterocycles. The zero-order valence-electron chi connectivity index (χ0n) is 14.5. The van der Waals surface area contributed by atoms with Gasteiger partial charge in [-0.15, -0.1) is 10.2 Å². The lowest BCUT2D eigenvalue weighted by Crippen LogP contribution is -2.41. The summed E-state index contributed by atoms with van der Waals surface area (Å²) in [4.78, 5) is 14.5. The molecule has 0 saturated carbocycles. The van der Waals surface area contributed by atoms with E-state index < -0.39 is 0 Å². The van der Waals surface area contributed by atoms with Crippen LogP contribution >= 0.6 is 15.9 Å². The van der Waals surface area contributed by atoms with E-state index in [1.165, 1.54) is 0 Å². The molecular weight excluding hydrogens is 410 g/mol. The molecule has 27 heavy (non-hydrogen) atoms. The van der Waals surface area contributed by atoms with Crippen molar-refractivity contribution in [3.63, 3.8) is 0 Å². The zero-order chi connectivity index (χ0) is 18.6. The van der Waals surface area contributed by atoms with E-state index in [1.54, 1.807) is 16.9 Å². The fourth-order valence-electron chi connectivity index (χ4n) is 3.05. The second kappa shape index (κ2) is 7.87. The third-order valence-corrected chi connectivity index (χ3v) is 4.95. The van der Waals surface area contributed by atoms with Gasteiger partial charge in [0.2, 0.25) is 5.88 Å². The van der Waals surface area contributed by atoms with Gasteiger partial charge in [0.25, 0.3) is 5.91 Å². The minimum Gasteiger partial charge on any atom is -0.473 e. The maximum absolute atomic E-state index is 12.6. The Bertz CT molecular complexity index is 906. The summed E-state index contributed by atoms with van der Waals surface area (Å²) < 4.78 is 8.48. The van der Waals surface area contributed by atoms with Crippen molar-refractivity contribution < 1.29 is 9.53 Å². The summed E-state index contributed by atoms with van der Waals surface area (Å²) in [6.45, 7) is 1.32. The number of hydrogen-bond donors (Lipinski definition) is 0. The van der Waals surface area contributed by atoms with Crippen LogP contribution < -0.4 is 4.74 Å². The third-order valence-electron chi connectivity index (χ3n) is 4.45. The number of ether oxygens (including phenoxy) is 1. The molecule has 1 aromatic carbocycles. The maximum atomic E-state index is 12.6. The number of piperidine rings is 1. The molecule has 3 aromatic rings. The molecule has 0 N–H and O–H groups in total. The number of aromatic nitrogens is 4. The van der Waals surface area contributed by atoms with Crippen LogP contribution in [0.25, 0.3) is 5.82 Å². The van der Waals surface area contributed by atoms with Crippen LogP contribution in [0, 0.1) is 0 Å². The van der Waals surface area contributed by atoms with Crippen LogP contribution in [0.5, 0.6) is 5.88 Å². The second-order valence-electron chi connectivity index (χ2n) is 6.30. The van der Waals surface area contributed by atoms with Gasteiger partial charge in [-0.25, -0.2) is 4.68 Å². The van der Waals surface area contributed by atoms with E-state index in [1.807, 2.05) is 47.5 Å². The van der Waals surface area contributed by atoms with Gasteiger partial charge in [-0.05, 0) is 30.3 Å². The predicted octanol–water partition coefficient (Wildman–Crippen LogP) is 3.11. The number of amides is 1. The first kappa shape index (κ1) is 17.7. The number of hydrogen-bond acceptors (Lipinski definition) is 5. The number of nitrogens with zero attached hydrogens (tertiary/aromatic N) is 5. The molecule has 0 radical (unpaired) electrons. The number of carbonyl (C=O) groups excluding carboxylic acids is 1. The molecule has 8 heteroatoms. The molecule has 3 heterocycles. The molecule has 1 amide bonds. The van der Waals surface area contributed by atoms with E-state index in [2.05, 4.69) is 31.2 Å². The molecular formula is C19H18BrN5O2. The molecule has 4 rings (SSSR count). The summed E-state index contributed by atoms with van der Waals surface area (Å²) in [6.07, 6.45) is 5.06. The Morgan fingerprint density at radius 1 is 1.11 bits per heavy atom. The predicted molar refractivity (Wildman–Crippen MR) is 103 cm³/mol. The third kappa shape index (κ3) is 4.16. The minimum absolute atomic E-state index is 0.0291. The number of rotatable bonds is 4. The smallest absolute Gasteiger partial charge is 0.253 e. The normalized spacial score (nSPS) is 14.9. The molecule has 1 fully saturated rings. The summed E-state index contributed by atoms with van der Waals surface area (Å²) in [5.41, 5.74) is 0.698. The van der Waals surface area contributed by atoms with E-state index in [9.17, 15) is 4.79 Å². The van der Waals surface area contributed by atoms with Crippen molar-refractivity contribution in [1.29, 1.82) is 0 Å². The molecule has 1 aliphatic rings. The van der Waals surface area contributed by atoms with Crippen LogP contribution in [-0.4, -0.2) is 50.0 Å². The largest absolute Gasteiger partial charge is 0.473 e. The van der Waals surface area contributed by atoms with E-state index >= 15 is 0 Å². The first-order valence-corrected chi connectivity index (χ1v) is 9.53. The lowest BCUT2D eigenvalue weighted by molar-refractivity contribution is 0.0586. The number of likely N-dealkylation sites (tertiary alicyclic amines) is 1. The van der Waals surface area contributed by atoms with Crippen molar-refractivity contribution in [2.45, 2.75) is 18.9 Å². The molecule has 138 valence electrons. The molecule has 0 atom stereocenters. The fourth-order valence-corrected chi connectivity index (χ4v) is 3.45. The van der Waals surface area contributed by atoms with Gasteiger partial charge in [-0.1, -0.05) is 22.0 Å². The maximum Gasteiger partial charge on any atom is 0.253 e. The van der Waals surface area contributed by atoms with Crippen molar-refractivity contribution >= 4 is 21.8 Å². The second-order valence-corrected chi connectivity index (χ2v) is 7.22. The molecule has 0 unspecified atom stereocenters. The Kier molecular flexibility index (Phi) is 5.15. The van der Waals surface area contributed by atoms with Crippen LogP contribution in [-0.2, 0) is 0 Å². The highest BCUT2D eigenvalue weighted by molar-refractivity contribution is 9.10. The zero-order valence-corrected chi connectivity index (χ0v) is 16.1. The van der Waals surface area contributed by atoms with Crippen molar-refractivity contribution in [1.82, 2.24) is 24.9 Å². The lowest BCUT2D eigenvalue weighted by Gasteiger charge is -2.32. The highest BCUT2D eigenvalue weighted by Gasteiger charge is 2.25. The monoisotopic (exact) mass is 427 g/mol. The highest BCUT2D eigenvalue weighted by Crippen LogP contribution is 2.20. The van der Waals surface area contributed by atoms with Crippen molar-refractivity contribution in [2.75, 3.05) is 13.1 Å². The van der Waals surface area contributed by atoms with Crippen LogP contribution in [0.3, 0.4) is 0 Å². The van der Waals surface area contributed by atoms with Gasteiger partial charge in [-0.3, -0.25) is 4.79 Å². The Hall–Kier alpha value is -2.74. The minimum atomic E-state index is 0.0291. The molecule has 7 nitrogen and oxygen atoms in total. The number of halogens is 1. The standard InChI is InChI=1S/C19H18BrN5O2/c20-15-4-1-3-14(13-15)19(26)24-11-7-16(8-12-24)27-18-6-5-17(22-23-18)25-10-2-9-21-25/h1-6,9-10,13,16H,7-8,11-12H2. The lowest BCUT2D eigenvalue weighted by atomic mass is 10.1. The van der Waals surface area contributed by atoms with Crippen molar-refractivity contribution in [2.24, 2.45) is 0 Å². The molecule has 0 bridgehead atoms. The van der Waals surface area contributed by atoms with Gasteiger partial charge in [0.1, 0.15) is 6.10 Å². The molecule has 1 saturated heterocycles. The molecule has 0 spiro atoms. The average Bonchev–Trinajstić information content (AvgIpc) is 3.23. The summed E-state index contributed by atoms with van der Waals surface area (Å²) in [5, 5.41) is 12.4. The molecule has 0 aliphatic carbocycles. The fraction of sp³-hybridized carbons (Fsp3) is 0.263. The Balaban J connectivity index is 1.32. The first-order chi connectivity index (χ1) is 13.2. The van der Waals surface area contributed by atoms with Crippen molar-refractivity contribution in [3.05, 3.63) is 64.9 Å². The molecule has 1 aliphatic heterocycles. The Morgan fingerprint density at radius 2 is 1.96 bits per heavy atom. The van der Waals surface area contributed by atoms with Gasteiger partial charge < -0.3 is 9.64 Å². The van der Waals surface area contributed by atoms with Crippen LogP contribution in [0.15, 0.2) is 59.3 Å². The van der Waals surface area contributed by atoms with Gasteiger partial charge >= 0.3 is 0 Å². The van der Waals surface area contributed by atoms with E-state index in [4.69, 9.17) is 4.74 Å². The SMILES string of the molecule is O=C(c1cccc(Br)c1)N1CCC(Oc2ccc(-n3cccn3)nn2)CC1. The first-order valence-electron chi connectivity index (χ1n) is 8.74. The topological polar surface area (TPSA) is 73.1 Å². The Morgan fingerprint density at radius 3 is 2.63 bits per heavy atom. The highest BCUT2D eigenvalue weighted by atomic mass is 79.9. The van der Waals surface area contributed by atoms with Gasteiger partial charge in [0.05, 0.1) is 0 Å². The number of benzene rings is 1. The van der Waals surface area contributed by atoms with E-state index in [-0.39, 0.29) is 12.0 Å². The van der Waals surface area contributed by atoms with Gasteiger partial charge in [0, 0.05) is 54.4 Å². The quantitative estimate of drug-likeness (QED) is 0.639. The van der Waals surface area contributed by atoms with Crippen LogP contribution in [0.4, 0.5) is 0 Å². The summed E-state index contributed by atoms with van der Waals surface area (Å²) in [6, 6.07) is 12.9. The summed E-state index contributed by atoms with van der Waals surface area (Å²) in [5.74, 6) is 1.18. The van der Waals surface area contributed by atoms with E-state index in [0.29, 0.717) is 30.4 Å². The number of carbonyl (C=O) groups is 1. The Labute approximate surface area is 165 Å². The van der Waals surface area contributed by atoms with Crippen LogP contribution in [0.1, 0.15) is 23.2 Å². The van der Waals surface area contributed by atoms with Crippen LogP contribution in [0.2, 0.25) is 0 Å². The summed E-state index contributed by atoms with van der Waals surface area (Å²) in [7, 11) is 0. The van der Waals surface area contributed by atoms with E-state index in [0.717, 1.165) is 17.3 Å². The summed E-state index contributed by atoms with van der Waals surface area (Å²) >= 11 is 3.41. The van der Waals surface area contributed by atoms with Crippen molar-refractivity contribution in [3.8, 4) is 11.7 Å². The van der Waals surface area contributed by atoms with Gasteiger partial charge in [0.15, 0.2) is 5.82 Å². The average molecular weight is 428 g/mol.